The number of carbonyl (C=O) groups is 2. The van der Waals surface area contributed by atoms with Gasteiger partial charge in [0, 0.05) is 61.0 Å². The van der Waals surface area contributed by atoms with E-state index in [4.69, 9.17) is 28.6 Å². The van der Waals surface area contributed by atoms with Gasteiger partial charge in [0.2, 0.25) is 11.8 Å². The van der Waals surface area contributed by atoms with Crippen molar-refractivity contribution >= 4 is 46.5 Å². The molecule has 0 radical (unpaired) electrons. The normalized spacial score (nSPS) is 19.0. The van der Waals surface area contributed by atoms with E-state index in [9.17, 15) is 9.59 Å². The zero-order valence-corrected chi connectivity index (χ0v) is 19.2. The molecule has 0 aliphatic carbocycles. The molecule has 0 saturated carbocycles. The molecule has 31 heavy (non-hydrogen) atoms. The smallest absolute Gasteiger partial charge is 0.241 e. The topological polar surface area (TPSA) is 101 Å². The van der Waals surface area contributed by atoms with Crippen LogP contribution >= 0.6 is 23.2 Å². The number of likely N-dealkylation sites (tertiary alicyclic amines) is 1. The fourth-order valence-corrected chi connectivity index (χ4v) is 4.46. The summed E-state index contributed by atoms with van der Waals surface area (Å²) < 4.78 is 0. The third-order valence-corrected chi connectivity index (χ3v) is 6.10. The van der Waals surface area contributed by atoms with E-state index in [2.05, 4.69) is 16.0 Å². The number of halogens is 2. The lowest BCUT2D eigenvalue weighted by atomic mass is 10.00. The molecular formula is C21H28Cl2N6O2. The van der Waals surface area contributed by atoms with Gasteiger partial charge in [0.15, 0.2) is 0 Å². The molecule has 2 heterocycles. The van der Waals surface area contributed by atoms with Crippen LogP contribution in [0.4, 0.5) is 5.69 Å². The van der Waals surface area contributed by atoms with E-state index < -0.39 is 0 Å². The molecule has 2 aliphatic rings. The predicted octanol–water partition coefficient (Wildman–Crippen LogP) is 2.65. The highest BCUT2D eigenvalue weighted by molar-refractivity contribution is 6.35. The van der Waals surface area contributed by atoms with Gasteiger partial charge in [-0.25, -0.2) is 0 Å². The Morgan fingerprint density at radius 3 is 2.68 bits per heavy atom. The van der Waals surface area contributed by atoms with Crippen molar-refractivity contribution in [1.29, 1.82) is 5.41 Å². The monoisotopic (exact) mass is 466 g/mol. The van der Waals surface area contributed by atoms with Gasteiger partial charge < -0.3 is 25.8 Å². The van der Waals surface area contributed by atoms with Crippen LogP contribution in [-0.4, -0.2) is 67.2 Å². The summed E-state index contributed by atoms with van der Waals surface area (Å²) in [7, 11) is 3.61. The molecule has 0 aromatic heterocycles. The molecule has 2 aliphatic heterocycles. The molecule has 1 saturated heterocycles. The molecule has 3 rings (SSSR count). The Morgan fingerprint density at radius 1 is 1.29 bits per heavy atom. The molecule has 1 atom stereocenters. The quantitative estimate of drug-likeness (QED) is 0.381. The maximum absolute atomic E-state index is 12.8. The third kappa shape index (κ3) is 5.83. The van der Waals surface area contributed by atoms with Crippen LogP contribution in [0.5, 0.6) is 0 Å². The van der Waals surface area contributed by atoms with Crippen molar-refractivity contribution in [2.75, 3.05) is 39.0 Å². The fourth-order valence-electron chi connectivity index (χ4n) is 3.93. The van der Waals surface area contributed by atoms with Crippen LogP contribution in [0.3, 0.4) is 0 Å². The Labute approximate surface area is 192 Å². The summed E-state index contributed by atoms with van der Waals surface area (Å²) in [5.74, 6) is 0.892. The Balaban J connectivity index is 1.60. The van der Waals surface area contributed by atoms with Gasteiger partial charge in [0.1, 0.15) is 11.7 Å². The zero-order valence-electron chi connectivity index (χ0n) is 17.7. The SMILES string of the molecule is CNC1=C(C(=N)N(C)[C@H]2CCCN(C(=O)CNc3cc(Cl)cc(Cl)c3)C2)CCC(=O)N1. The number of piperidine rings is 1. The first-order valence-corrected chi connectivity index (χ1v) is 11.0. The number of amides is 2. The van der Waals surface area contributed by atoms with Gasteiger partial charge in [-0.05, 0) is 37.5 Å². The summed E-state index contributed by atoms with van der Waals surface area (Å²) in [6.45, 7) is 1.38. The third-order valence-electron chi connectivity index (χ3n) is 5.66. The van der Waals surface area contributed by atoms with E-state index in [0.29, 0.717) is 53.3 Å². The number of carbonyl (C=O) groups excluding carboxylic acids is 2. The van der Waals surface area contributed by atoms with Crippen molar-refractivity contribution in [2.45, 2.75) is 31.7 Å². The lowest BCUT2D eigenvalue weighted by Gasteiger charge is -2.39. The molecule has 1 aromatic rings. The first-order chi connectivity index (χ1) is 14.8. The number of nitrogens with one attached hydrogen (secondary N) is 4. The number of hydrogen-bond acceptors (Lipinski definition) is 5. The Morgan fingerprint density at radius 2 is 2.00 bits per heavy atom. The number of benzene rings is 1. The molecule has 0 spiro atoms. The lowest BCUT2D eigenvalue weighted by molar-refractivity contribution is -0.131. The first kappa shape index (κ1) is 23.2. The summed E-state index contributed by atoms with van der Waals surface area (Å²) >= 11 is 12.0. The molecule has 10 heteroatoms. The number of rotatable bonds is 6. The molecule has 8 nitrogen and oxygen atoms in total. The summed E-state index contributed by atoms with van der Waals surface area (Å²) in [5.41, 5.74) is 1.48. The maximum Gasteiger partial charge on any atom is 0.241 e. The molecule has 2 amide bonds. The van der Waals surface area contributed by atoms with Crippen molar-refractivity contribution < 1.29 is 9.59 Å². The van der Waals surface area contributed by atoms with E-state index in [0.717, 1.165) is 18.4 Å². The van der Waals surface area contributed by atoms with Crippen molar-refractivity contribution in [3.8, 4) is 0 Å². The number of likely N-dealkylation sites (N-methyl/N-ethyl adjacent to an activating group) is 1. The minimum Gasteiger partial charge on any atom is -0.376 e. The number of amidine groups is 1. The molecule has 4 N–H and O–H groups in total. The van der Waals surface area contributed by atoms with Crippen molar-refractivity contribution in [2.24, 2.45) is 0 Å². The molecule has 1 fully saturated rings. The van der Waals surface area contributed by atoms with Crippen LogP contribution in [0.2, 0.25) is 10.0 Å². The predicted molar refractivity (Wildman–Crippen MR) is 124 cm³/mol. The average Bonchev–Trinajstić information content (AvgIpc) is 2.75. The van der Waals surface area contributed by atoms with E-state index in [1.54, 1.807) is 25.2 Å². The summed E-state index contributed by atoms with van der Waals surface area (Å²) in [4.78, 5) is 28.2. The van der Waals surface area contributed by atoms with Crippen molar-refractivity contribution in [3.63, 3.8) is 0 Å². The minimum atomic E-state index is -0.0496. The summed E-state index contributed by atoms with van der Waals surface area (Å²) in [6, 6.07) is 5.13. The molecule has 0 bridgehead atoms. The van der Waals surface area contributed by atoms with Gasteiger partial charge in [0.25, 0.3) is 0 Å². The van der Waals surface area contributed by atoms with Crippen LogP contribution in [-0.2, 0) is 9.59 Å². The average molecular weight is 467 g/mol. The van der Waals surface area contributed by atoms with E-state index in [-0.39, 0.29) is 24.4 Å². The summed E-state index contributed by atoms with van der Waals surface area (Å²) in [5, 5.41) is 18.5. The summed E-state index contributed by atoms with van der Waals surface area (Å²) in [6.07, 6.45) is 2.65. The van der Waals surface area contributed by atoms with E-state index in [1.165, 1.54) is 0 Å². The van der Waals surface area contributed by atoms with Crippen LogP contribution in [0.15, 0.2) is 29.6 Å². The highest BCUT2D eigenvalue weighted by Crippen LogP contribution is 2.23. The number of hydrogen-bond donors (Lipinski definition) is 4. The number of nitrogens with zero attached hydrogens (tertiary/aromatic N) is 2. The second-order valence-corrected chi connectivity index (χ2v) is 8.63. The molecular weight excluding hydrogens is 439 g/mol. The second-order valence-electron chi connectivity index (χ2n) is 7.76. The highest BCUT2D eigenvalue weighted by Gasteiger charge is 2.30. The fraction of sp³-hybridized carbons (Fsp3) is 0.476. The van der Waals surface area contributed by atoms with Crippen LogP contribution < -0.4 is 16.0 Å². The lowest BCUT2D eigenvalue weighted by Crippen LogP contribution is -2.52. The second kappa shape index (κ2) is 10.2. The van der Waals surface area contributed by atoms with E-state index in [1.807, 2.05) is 16.8 Å². The standard InChI is InChI=1S/C21H28Cl2N6O2/c1-25-21-17(5-6-18(30)27-21)20(24)28(2)16-4-3-7-29(12-16)19(31)11-26-15-9-13(22)8-14(23)10-15/h8-10,16,24-26H,3-7,11-12H2,1-2H3,(H,27,30)/t16-/m0/s1. The van der Waals surface area contributed by atoms with Crippen LogP contribution in [0.1, 0.15) is 25.7 Å². The minimum absolute atomic E-state index is 0.0132. The van der Waals surface area contributed by atoms with Crippen molar-refractivity contribution in [3.05, 3.63) is 39.6 Å². The Hall–Kier alpha value is -2.45. The zero-order chi connectivity index (χ0) is 22.5. The van der Waals surface area contributed by atoms with Gasteiger partial charge in [-0.3, -0.25) is 15.0 Å². The van der Waals surface area contributed by atoms with Crippen molar-refractivity contribution in [1.82, 2.24) is 20.4 Å². The van der Waals surface area contributed by atoms with Crippen LogP contribution in [0.25, 0.3) is 0 Å². The van der Waals surface area contributed by atoms with E-state index >= 15 is 0 Å². The Bertz CT molecular complexity index is 884. The van der Waals surface area contributed by atoms with Gasteiger partial charge in [-0.15, -0.1) is 0 Å². The van der Waals surface area contributed by atoms with Crippen LogP contribution in [0, 0.1) is 5.41 Å². The highest BCUT2D eigenvalue weighted by atomic mass is 35.5. The van der Waals surface area contributed by atoms with Gasteiger partial charge >= 0.3 is 0 Å². The Kier molecular flexibility index (Phi) is 7.67. The molecule has 0 unspecified atom stereocenters. The largest absolute Gasteiger partial charge is 0.376 e. The van der Waals surface area contributed by atoms with Gasteiger partial charge in [-0.2, -0.15) is 0 Å². The maximum atomic E-state index is 12.8. The van der Waals surface area contributed by atoms with Gasteiger partial charge in [0.05, 0.1) is 6.54 Å². The van der Waals surface area contributed by atoms with Gasteiger partial charge in [-0.1, -0.05) is 23.2 Å². The first-order valence-electron chi connectivity index (χ1n) is 10.3. The molecule has 168 valence electrons. The molecule has 1 aromatic carbocycles. The number of anilines is 1.